The lowest BCUT2D eigenvalue weighted by Crippen LogP contribution is -2.25. The molecule has 0 heterocycles. The van der Waals surface area contributed by atoms with E-state index in [0.717, 1.165) is 0 Å². The monoisotopic (exact) mass is 395 g/mol. The van der Waals surface area contributed by atoms with Gasteiger partial charge in [0.05, 0.1) is 40.8 Å². The summed E-state index contributed by atoms with van der Waals surface area (Å²) in [4.78, 5) is 12.0. The first-order chi connectivity index (χ1) is 13.4. The predicted molar refractivity (Wildman–Crippen MR) is 103 cm³/mol. The van der Waals surface area contributed by atoms with Gasteiger partial charge in [0.2, 0.25) is 5.75 Å². The Balaban J connectivity index is 3.25. The molecule has 10 heteroatoms. The first-order valence-electron chi connectivity index (χ1n) is 8.33. The van der Waals surface area contributed by atoms with Crippen molar-refractivity contribution in [1.82, 2.24) is 0 Å². The van der Waals surface area contributed by atoms with Gasteiger partial charge in [0.1, 0.15) is 0 Å². The molecule has 0 aliphatic rings. The minimum atomic E-state index is -0.881. The van der Waals surface area contributed by atoms with Gasteiger partial charge in [-0.3, -0.25) is 0 Å². The van der Waals surface area contributed by atoms with Crippen LogP contribution in [0.2, 0.25) is 0 Å². The maximum absolute atomic E-state index is 12.0. The second-order valence-corrected chi connectivity index (χ2v) is 4.99. The van der Waals surface area contributed by atoms with Crippen molar-refractivity contribution < 1.29 is 33.6 Å². The van der Waals surface area contributed by atoms with Crippen molar-refractivity contribution in [1.29, 1.82) is 0 Å². The standard InChI is InChI=1S/C18H25N3O7/c1-6-27-17(22)13(18(23)28-7-2)16(19)21-20-10-11-8-9-12(24-3)15(26-5)14(11)25-4/h8-10,22H,6-7H2,1-5H3,(H2,19,21)/b17-13-,20-10?. The van der Waals surface area contributed by atoms with Gasteiger partial charge in [-0.25, -0.2) is 4.79 Å². The summed E-state index contributed by atoms with van der Waals surface area (Å²) in [6, 6.07) is 3.34. The molecule has 0 fully saturated rings. The van der Waals surface area contributed by atoms with Gasteiger partial charge in [0, 0.05) is 5.56 Å². The molecule has 0 saturated heterocycles. The normalized spacial score (nSPS) is 12.4. The zero-order chi connectivity index (χ0) is 21.1. The van der Waals surface area contributed by atoms with Crippen LogP contribution in [0.5, 0.6) is 17.2 Å². The molecule has 0 atom stereocenters. The van der Waals surface area contributed by atoms with Gasteiger partial charge < -0.3 is 34.5 Å². The molecule has 0 bridgehead atoms. The first-order valence-corrected chi connectivity index (χ1v) is 8.33. The third-order valence-corrected chi connectivity index (χ3v) is 3.33. The number of methoxy groups -OCH3 is 3. The summed E-state index contributed by atoms with van der Waals surface area (Å²) in [5.41, 5.74) is 5.88. The smallest absolute Gasteiger partial charge is 0.349 e. The Labute approximate surface area is 163 Å². The molecule has 0 aliphatic carbocycles. The van der Waals surface area contributed by atoms with E-state index in [1.165, 1.54) is 27.5 Å². The summed E-state index contributed by atoms with van der Waals surface area (Å²) in [5.74, 6) is -0.715. The Kier molecular flexibility index (Phi) is 9.14. The van der Waals surface area contributed by atoms with Crippen LogP contribution in [-0.2, 0) is 14.3 Å². The minimum absolute atomic E-state index is 0.0845. The summed E-state index contributed by atoms with van der Waals surface area (Å²) in [5, 5.41) is 17.5. The van der Waals surface area contributed by atoms with Crippen LogP contribution in [0.4, 0.5) is 0 Å². The fourth-order valence-electron chi connectivity index (χ4n) is 2.14. The van der Waals surface area contributed by atoms with E-state index in [1.54, 1.807) is 26.0 Å². The van der Waals surface area contributed by atoms with Crippen LogP contribution < -0.4 is 19.9 Å². The number of rotatable bonds is 10. The minimum Gasteiger partial charge on any atom is -0.493 e. The summed E-state index contributed by atoms with van der Waals surface area (Å²) in [6.45, 7) is 3.45. The number of aliphatic hydroxyl groups is 1. The first kappa shape index (κ1) is 22.6. The molecule has 0 amide bonds. The molecular formula is C18H25N3O7. The summed E-state index contributed by atoms with van der Waals surface area (Å²) < 4.78 is 25.6. The lowest BCUT2D eigenvalue weighted by molar-refractivity contribution is -0.138. The summed E-state index contributed by atoms with van der Waals surface area (Å²) in [6.07, 6.45) is 1.34. The second-order valence-electron chi connectivity index (χ2n) is 4.99. The Morgan fingerprint density at radius 2 is 1.71 bits per heavy atom. The largest absolute Gasteiger partial charge is 0.493 e. The Bertz CT molecular complexity index is 773. The summed E-state index contributed by atoms with van der Waals surface area (Å²) >= 11 is 0. The van der Waals surface area contributed by atoms with Crippen LogP contribution in [0.25, 0.3) is 0 Å². The van der Waals surface area contributed by atoms with Crippen molar-refractivity contribution in [2.45, 2.75) is 13.8 Å². The van der Waals surface area contributed by atoms with Crippen molar-refractivity contribution in [2.75, 3.05) is 34.5 Å². The molecule has 1 aromatic rings. The number of nitrogens with two attached hydrogens (primary N) is 1. The van der Waals surface area contributed by atoms with Crippen molar-refractivity contribution in [2.24, 2.45) is 15.9 Å². The maximum Gasteiger partial charge on any atom is 0.349 e. The van der Waals surface area contributed by atoms with E-state index in [1.807, 2.05) is 0 Å². The average molecular weight is 395 g/mol. The number of carbonyl (C=O) groups is 1. The highest BCUT2D eigenvalue weighted by Crippen LogP contribution is 2.38. The van der Waals surface area contributed by atoms with E-state index in [0.29, 0.717) is 22.8 Å². The lowest BCUT2D eigenvalue weighted by atomic mass is 10.2. The van der Waals surface area contributed by atoms with Crippen molar-refractivity contribution in [3.05, 3.63) is 29.2 Å². The van der Waals surface area contributed by atoms with Crippen molar-refractivity contribution >= 4 is 18.0 Å². The Hall–Kier alpha value is -3.43. The molecule has 0 radical (unpaired) electrons. The lowest BCUT2D eigenvalue weighted by Gasteiger charge is -2.13. The molecule has 3 N–H and O–H groups in total. The number of hydrogen-bond acceptors (Lipinski definition) is 9. The molecule has 10 nitrogen and oxygen atoms in total. The third kappa shape index (κ3) is 5.53. The zero-order valence-corrected chi connectivity index (χ0v) is 16.5. The molecule has 1 aromatic carbocycles. The molecule has 0 spiro atoms. The highest BCUT2D eigenvalue weighted by molar-refractivity contribution is 6.18. The fourth-order valence-corrected chi connectivity index (χ4v) is 2.14. The van der Waals surface area contributed by atoms with Gasteiger partial charge in [0.25, 0.3) is 5.95 Å². The number of carbonyl (C=O) groups excluding carboxylic acids is 1. The molecule has 0 unspecified atom stereocenters. The third-order valence-electron chi connectivity index (χ3n) is 3.33. The number of nitrogens with zero attached hydrogens (tertiary/aromatic N) is 2. The fraction of sp³-hybridized carbons (Fsp3) is 0.389. The van der Waals surface area contributed by atoms with Crippen LogP contribution >= 0.6 is 0 Å². The van der Waals surface area contributed by atoms with E-state index < -0.39 is 17.5 Å². The number of amidine groups is 1. The van der Waals surface area contributed by atoms with Gasteiger partial charge >= 0.3 is 5.97 Å². The highest BCUT2D eigenvalue weighted by Gasteiger charge is 2.23. The quantitative estimate of drug-likeness (QED) is 0.153. The predicted octanol–water partition coefficient (Wildman–Crippen LogP) is 1.77. The number of hydrogen-bond donors (Lipinski definition) is 2. The van der Waals surface area contributed by atoms with Crippen LogP contribution in [0, 0.1) is 0 Å². The average Bonchev–Trinajstić information content (AvgIpc) is 2.67. The molecule has 1 rings (SSSR count). The van der Waals surface area contributed by atoms with Crippen LogP contribution in [-0.4, -0.2) is 57.7 Å². The van der Waals surface area contributed by atoms with Gasteiger partial charge in [0.15, 0.2) is 22.9 Å². The maximum atomic E-state index is 12.0. The van der Waals surface area contributed by atoms with E-state index in [9.17, 15) is 9.90 Å². The number of aliphatic hydroxyl groups excluding tert-OH is 1. The summed E-state index contributed by atoms with van der Waals surface area (Å²) in [7, 11) is 4.45. The Morgan fingerprint density at radius 3 is 2.25 bits per heavy atom. The molecule has 0 saturated carbocycles. The molecular weight excluding hydrogens is 370 g/mol. The van der Waals surface area contributed by atoms with Crippen molar-refractivity contribution in [3.63, 3.8) is 0 Å². The molecule has 28 heavy (non-hydrogen) atoms. The van der Waals surface area contributed by atoms with Gasteiger partial charge in [-0.15, -0.1) is 5.10 Å². The Morgan fingerprint density at radius 1 is 1.07 bits per heavy atom. The number of esters is 1. The van der Waals surface area contributed by atoms with Gasteiger partial charge in [-0.1, -0.05) is 0 Å². The SMILES string of the molecule is CCOC(=O)C(/C(N)=N/N=Cc1ccc(OC)c(OC)c1OC)=C(/O)OCC. The van der Waals surface area contributed by atoms with E-state index in [4.69, 9.17) is 29.4 Å². The van der Waals surface area contributed by atoms with Crippen LogP contribution in [0.3, 0.4) is 0 Å². The second kappa shape index (κ2) is 11.3. The van der Waals surface area contributed by atoms with E-state index >= 15 is 0 Å². The molecule has 154 valence electrons. The van der Waals surface area contributed by atoms with Crippen molar-refractivity contribution in [3.8, 4) is 17.2 Å². The highest BCUT2D eigenvalue weighted by atomic mass is 16.6. The van der Waals surface area contributed by atoms with Gasteiger partial charge in [-0.2, -0.15) is 5.10 Å². The number of benzene rings is 1. The van der Waals surface area contributed by atoms with Gasteiger partial charge in [-0.05, 0) is 26.0 Å². The topological polar surface area (TPSA) is 134 Å². The molecule has 0 aliphatic heterocycles. The molecule has 0 aromatic heterocycles. The van der Waals surface area contributed by atoms with Crippen LogP contribution in [0.15, 0.2) is 33.9 Å². The van der Waals surface area contributed by atoms with Crippen LogP contribution in [0.1, 0.15) is 19.4 Å². The van der Waals surface area contributed by atoms with E-state index in [-0.39, 0.29) is 19.0 Å². The zero-order valence-electron chi connectivity index (χ0n) is 16.5. The number of ether oxygens (including phenoxy) is 5. The van der Waals surface area contributed by atoms with E-state index in [2.05, 4.69) is 10.2 Å².